The van der Waals surface area contributed by atoms with Gasteiger partial charge in [0.2, 0.25) is 0 Å². The van der Waals surface area contributed by atoms with Gasteiger partial charge >= 0.3 is 12.1 Å². The number of hydrogen-bond donors (Lipinski definition) is 1. The molecule has 1 N–H and O–H groups in total. The fourth-order valence-corrected chi connectivity index (χ4v) is 3.85. The van der Waals surface area contributed by atoms with Crippen LogP contribution in [0.5, 0.6) is 0 Å². The third-order valence-electron chi connectivity index (χ3n) is 4.91. The van der Waals surface area contributed by atoms with E-state index < -0.39 is 40.5 Å². The largest absolute Gasteiger partial charge is 0.462 e. The Morgan fingerprint density at radius 2 is 1.79 bits per heavy atom. The number of hydrogen-bond acceptors (Lipinski definition) is 3. The average Bonchev–Trinajstić information content (AvgIpc) is 3.10. The molecule has 1 amide bonds. The van der Waals surface area contributed by atoms with Crippen LogP contribution >= 0.6 is 23.2 Å². The van der Waals surface area contributed by atoms with Crippen LogP contribution in [0.4, 0.5) is 17.6 Å². The molecule has 0 radical (unpaired) electrons. The number of aromatic nitrogens is 1. The Morgan fingerprint density at radius 1 is 1.09 bits per heavy atom. The highest BCUT2D eigenvalue weighted by Gasteiger charge is 2.42. The first-order chi connectivity index (χ1) is 15.5. The van der Waals surface area contributed by atoms with Crippen molar-refractivity contribution in [1.82, 2.24) is 9.88 Å². The molecule has 1 unspecified atom stereocenters. The lowest BCUT2D eigenvalue weighted by molar-refractivity contribution is -0.155. The second-order valence-corrected chi connectivity index (χ2v) is 7.82. The van der Waals surface area contributed by atoms with E-state index in [1.54, 1.807) is 13.8 Å². The maximum atomic E-state index is 13.7. The Kier molecular flexibility index (Phi) is 7.23. The maximum absolute atomic E-state index is 13.7. The van der Waals surface area contributed by atoms with Crippen LogP contribution in [0.25, 0.3) is 10.9 Å². The smallest absolute Gasteiger partial charge is 0.412 e. The number of nitrogens with one attached hydrogen (secondary N) is 1. The number of carbonyl (C=O) groups is 2. The number of halogens is 6. The van der Waals surface area contributed by atoms with Gasteiger partial charge in [-0.1, -0.05) is 29.3 Å². The fourth-order valence-electron chi connectivity index (χ4n) is 3.43. The molecule has 5 nitrogen and oxygen atoms in total. The summed E-state index contributed by atoms with van der Waals surface area (Å²) in [6, 6.07) is 4.31. The molecule has 2 aromatic carbocycles. The highest BCUT2D eigenvalue weighted by molar-refractivity contribution is 6.34. The monoisotopic (exact) mass is 504 g/mol. The van der Waals surface area contributed by atoms with E-state index in [1.807, 2.05) is 5.32 Å². The SMILES string of the molecule is CCOC(=O)c1cc2cc(C(=O)NC(c3ccc(F)c(Cl)c3)C(F)(F)F)n(CC)c2cc1Cl. The number of carbonyl (C=O) groups excluding carboxylic acids is 2. The summed E-state index contributed by atoms with van der Waals surface area (Å²) in [4.78, 5) is 25.0. The molecule has 0 fully saturated rings. The number of benzene rings is 2. The van der Waals surface area contributed by atoms with Crippen LogP contribution in [0.3, 0.4) is 0 Å². The van der Waals surface area contributed by atoms with Gasteiger partial charge in [-0.2, -0.15) is 13.2 Å². The van der Waals surface area contributed by atoms with Crippen molar-refractivity contribution < 1.29 is 31.9 Å². The van der Waals surface area contributed by atoms with Crippen LogP contribution in [-0.2, 0) is 11.3 Å². The molecule has 3 rings (SSSR count). The molecule has 1 heterocycles. The Balaban J connectivity index is 2.04. The first-order valence-corrected chi connectivity index (χ1v) is 10.6. The molecule has 0 bridgehead atoms. The number of alkyl halides is 3. The number of amides is 1. The first-order valence-electron chi connectivity index (χ1n) is 9.80. The standard InChI is InChI=1S/C22H18Cl2F4N2O3/c1-3-30-17-10-14(23)13(21(32)33-4-2)7-12(17)9-18(30)20(31)29-19(22(26,27)28)11-5-6-16(25)15(24)8-11/h5-10,19H,3-4H2,1-2H3,(H,29,31). The normalized spacial score (nSPS) is 12.6. The summed E-state index contributed by atoms with van der Waals surface area (Å²) in [5, 5.41) is 1.95. The molecular formula is C22H18Cl2F4N2O3. The minimum absolute atomic E-state index is 0.0698. The Labute approximate surface area is 196 Å². The molecule has 0 aliphatic rings. The second-order valence-electron chi connectivity index (χ2n) is 7.01. The average molecular weight is 505 g/mol. The Morgan fingerprint density at radius 3 is 2.36 bits per heavy atom. The number of aryl methyl sites for hydroxylation is 1. The number of rotatable bonds is 6. The van der Waals surface area contributed by atoms with Crippen molar-refractivity contribution in [2.24, 2.45) is 0 Å². The van der Waals surface area contributed by atoms with Crippen LogP contribution in [0.1, 0.15) is 46.3 Å². The van der Waals surface area contributed by atoms with Gasteiger partial charge in [0, 0.05) is 11.9 Å². The Bertz CT molecular complexity index is 1220. The molecule has 0 aliphatic carbocycles. The third-order valence-corrected chi connectivity index (χ3v) is 5.52. The topological polar surface area (TPSA) is 60.3 Å². The van der Waals surface area contributed by atoms with Crippen molar-refractivity contribution in [2.75, 3.05) is 6.61 Å². The highest BCUT2D eigenvalue weighted by atomic mass is 35.5. The number of nitrogens with zero attached hydrogens (tertiary/aromatic N) is 1. The molecule has 0 saturated heterocycles. The molecule has 1 aromatic heterocycles. The van der Waals surface area contributed by atoms with Crippen LogP contribution in [-0.4, -0.2) is 29.2 Å². The summed E-state index contributed by atoms with van der Waals surface area (Å²) in [5.41, 5.74) is 0.0236. The molecule has 0 spiro atoms. The van der Waals surface area contributed by atoms with Crippen molar-refractivity contribution >= 4 is 46.0 Å². The molecular weight excluding hydrogens is 487 g/mol. The summed E-state index contributed by atoms with van der Waals surface area (Å²) in [6.07, 6.45) is -4.87. The van der Waals surface area contributed by atoms with E-state index in [1.165, 1.54) is 22.8 Å². The van der Waals surface area contributed by atoms with Crippen molar-refractivity contribution in [3.05, 3.63) is 69.1 Å². The van der Waals surface area contributed by atoms with Crippen molar-refractivity contribution in [3.8, 4) is 0 Å². The molecule has 0 saturated carbocycles. The van der Waals surface area contributed by atoms with Crippen molar-refractivity contribution in [3.63, 3.8) is 0 Å². The van der Waals surface area contributed by atoms with Gasteiger partial charge in [0.1, 0.15) is 11.5 Å². The van der Waals surface area contributed by atoms with Crippen molar-refractivity contribution in [1.29, 1.82) is 0 Å². The van der Waals surface area contributed by atoms with Gasteiger partial charge in [-0.25, -0.2) is 9.18 Å². The highest BCUT2D eigenvalue weighted by Crippen LogP contribution is 2.35. The predicted octanol–water partition coefficient (Wildman–Crippen LogP) is 6.32. The zero-order valence-electron chi connectivity index (χ0n) is 17.4. The summed E-state index contributed by atoms with van der Waals surface area (Å²) in [7, 11) is 0. The van der Waals surface area contributed by atoms with Crippen LogP contribution in [0.15, 0.2) is 36.4 Å². The molecule has 11 heteroatoms. The van der Waals surface area contributed by atoms with Gasteiger partial charge in [0.25, 0.3) is 5.91 Å². The number of ether oxygens (including phenoxy) is 1. The summed E-state index contributed by atoms with van der Waals surface area (Å²) in [5.74, 6) is -2.57. The fraction of sp³-hybridized carbons (Fsp3) is 0.273. The second kappa shape index (κ2) is 9.61. The minimum atomic E-state index is -4.87. The van der Waals surface area contributed by atoms with Gasteiger partial charge in [-0.15, -0.1) is 0 Å². The van der Waals surface area contributed by atoms with Crippen LogP contribution in [0, 0.1) is 5.82 Å². The third kappa shape index (κ3) is 5.09. The van der Waals surface area contributed by atoms with Gasteiger partial charge in [0.05, 0.1) is 27.7 Å². The quantitative estimate of drug-likeness (QED) is 0.315. The van der Waals surface area contributed by atoms with Gasteiger partial charge in [-0.05, 0) is 49.7 Å². The van der Waals surface area contributed by atoms with Crippen molar-refractivity contribution in [2.45, 2.75) is 32.6 Å². The molecule has 33 heavy (non-hydrogen) atoms. The van der Waals surface area contributed by atoms with E-state index in [2.05, 4.69) is 0 Å². The number of esters is 1. The van der Waals surface area contributed by atoms with Crippen LogP contribution < -0.4 is 5.32 Å². The first kappa shape index (κ1) is 24.9. The van der Waals surface area contributed by atoms with E-state index in [4.69, 9.17) is 27.9 Å². The lowest BCUT2D eigenvalue weighted by Crippen LogP contribution is -2.38. The summed E-state index contributed by atoms with van der Waals surface area (Å²) >= 11 is 11.8. The van der Waals surface area contributed by atoms with Gasteiger partial charge < -0.3 is 14.6 Å². The van der Waals surface area contributed by atoms with E-state index >= 15 is 0 Å². The van der Waals surface area contributed by atoms with Gasteiger partial charge in [0.15, 0.2) is 6.04 Å². The Hall–Kier alpha value is -2.78. The van der Waals surface area contributed by atoms with E-state index in [0.717, 1.165) is 18.2 Å². The minimum Gasteiger partial charge on any atom is -0.462 e. The van der Waals surface area contributed by atoms with E-state index in [0.29, 0.717) is 10.9 Å². The maximum Gasteiger partial charge on any atom is 0.412 e. The lowest BCUT2D eigenvalue weighted by Gasteiger charge is -2.22. The molecule has 0 aliphatic heterocycles. The summed E-state index contributed by atoms with van der Waals surface area (Å²) < 4.78 is 61.1. The van der Waals surface area contributed by atoms with E-state index in [9.17, 15) is 27.2 Å². The zero-order valence-corrected chi connectivity index (χ0v) is 18.9. The molecule has 1 atom stereocenters. The molecule has 3 aromatic rings. The summed E-state index contributed by atoms with van der Waals surface area (Å²) in [6.45, 7) is 3.69. The predicted molar refractivity (Wildman–Crippen MR) is 116 cm³/mol. The molecule has 176 valence electrons. The zero-order chi connectivity index (χ0) is 24.5. The number of fused-ring (bicyclic) bond motifs is 1. The van der Waals surface area contributed by atoms with E-state index in [-0.39, 0.29) is 29.4 Å². The van der Waals surface area contributed by atoms with Gasteiger partial charge in [-0.3, -0.25) is 4.79 Å². The van der Waals surface area contributed by atoms with Crippen LogP contribution in [0.2, 0.25) is 10.0 Å². The lowest BCUT2D eigenvalue weighted by atomic mass is 10.1.